The molecule has 0 amide bonds. The number of hydrogen-bond donors (Lipinski definition) is 1. The molecule has 2 heteroatoms. The van der Waals surface area contributed by atoms with Gasteiger partial charge in [-0.25, -0.2) is 0 Å². The summed E-state index contributed by atoms with van der Waals surface area (Å²) in [6, 6.07) is 9.83. The average molecular weight is 262 g/mol. The fourth-order valence-electron chi connectivity index (χ4n) is 2.85. The lowest BCUT2D eigenvalue weighted by molar-refractivity contribution is 0.206. The molecule has 0 bridgehead atoms. The summed E-state index contributed by atoms with van der Waals surface area (Å²) < 4.78 is 0. The van der Waals surface area contributed by atoms with E-state index in [1.54, 1.807) is 0 Å². The summed E-state index contributed by atoms with van der Waals surface area (Å²) in [6.45, 7) is 11.0. The van der Waals surface area contributed by atoms with Crippen LogP contribution >= 0.6 is 0 Å². The molecule has 0 heterocycles. The molecule has 1 rings (SSSR count). The van der Waals surface area contributed by atoms with Gasteiger partial charge in [0.1, 0.15) is 0 Å². The van der Waals surface area contributed by atoms with E-state index in [1.165, 1.54) is 24.0 Å². The summed E-state index contributed by atoms with van der Waals surface area (Å²) in [6.07, 6.45) is 2.44. The molecule has 0 aliphatic carbocycles. The molecule has 0 aliphatic heterocycles. The molecule has 19 heavy (non-hydrogen) atoms. The zero-order valence-electron chi connectivity index (χ0n) is 13.2. The van der Waals surface area contributed by atoms with Gasteiger partial charge in [0.15, 0.2) is 0 Å². The Morgan fingerprint density at radius 2 is 1.74 bits per heavy atom. The third-order valence-corrected chi connectivity index (χ3v) is 4.05. The predicted octanol–water partition coefficient (Wildman–Crippen LogP) is 3.77. The maximum absolute atomic E-state index is 3.63. The Kier molecular flexibility index (Phi) is 7.11. The van der Waals surface area contributed by atoms with Crippen molar-refractivity contribution in [2.45, 2.75) is 52.6 Å². The Morgan fingerprint density at radius 3 is 2.26 bits per heavy atom. The SMILES string of the molecule is CCNC(CN(C)C(CC)CC)c1ccccc1C. The van der Waals surface area contributed by atoms with Gasteiger partial charge in [-0.05, 0) is 44.5 Å². The molecule has 1 aromatic rings. The normalized spacial score (nSPS) is 13.2. The van der Waals surface area contributed by atoms with Gasteiger partial charge in [0.05, 0.1) is 0 Å². The van der Waals surface area contributed by atoms with Gasteiger partial charge in [-0.15, -0.1) is 0 Å². The molecule has 0 fully saturated rings. The quantitative estimate of drug-likeness (QED) is 0.767. The van der Waals surface area contributed by atoms with E-state index in [0.717, 1.165) is 13.1 Å². The molecule has 1 unspecified atom stereocenters. The minimum absolute atomic E-state index is 0.428. The van der Waals surface area contributed by atoms with Crippen LogP contribution in [0.5, 0.6) is 0 Å². The highest BCUT2D eigenvalue weighted by molar-refractivity contribution is 5.29. The highest BCUT2D eigenvalue weighted by Crippen LogP contribution is 2.20. The summed E-state index contributed by atoms with van der Waals surface area (Å²) in [5, 5.41) is 3.63. The highest BCUT2D eigenvalue weighted by atomic mass is 15.1. The Bertz CT molecular complexity index is 358. The lowest BCUT2D eigenvalue weighted by atomic mass is 10.00. The van der Waals surface area contributed by atoms with Gasteiger partial charge < -0.3 is 10.2 Å². The predicted molar refractivity (Wildman–Crippen MR) is 84.6 cm³/mol. The van der Waals surface area contributed by atoms with Gasteiger partial charge in [0, 0.05) is 18.6 Å². The molecule has 0 saturated heterocycles. The van der Waals surface area contributed by atoms with Gasteiger partial charge in [-0.3, -0.25) is 0 Å². The van der Waals surface area contributed by atoms with E-state index < -0.39 is 0 Å². The largest absolute Gasteiger partial charge is 0.309 e. The van der Waals surface area contributed by atoms with Crippen molar-refractivity contribution in [1.82, 2.24) is 10.2 Å². The Labute approximate surface area is 119 Å². The van der Waals surface area contributed by atoms with Crippen LogP contribution in [0.4, 0.5) is 0 Å². The minimum atomic E-state index is 0.428. The van der Waals surface area contributed by atoms with Crippen molar-refractivity contribution in [3.8, 4) is 0 Å². The smallest absolute Gasteiger partial charge is 0.0451 e. The third-order valence-electron chi connectivity index (χ3n) is 4.05. The van der Waals surface area contributed by atoms with Crippen LogP contribution in [0.2, 0.25) is 0 Å². The Morgan fingerprint density at radius 1 is 1.11 bits per heavy atom. The number of likely N-dealkylation sites (N-methyl/N-ethyl adjacent to an activating group) is 2. The zero-order chi connectivity index (χ0) is 14.3. The van der Waals surface area contributed by atoms with Crippen LogP contribution in [0.15, 0.2) is 24.3 Å². The molecule has 1 aromatic carbocycles. The van der Waals surface area contributed by atoms with E-state index in [-0.39, 0.29) is 0 Å². The van der Waals surface area contributed by atoms with Crippen LogP contribution in [0.25, 0.3) is 0 Å². The maximum Gasteiger partial charge on any atom is 0.0451 e. The number of hydrogen-bond acceptors (Lipinski definition) is 2. The number of aryl methyl sites for hydroxylation is 1. The first-order valence-corrected chi connectivity index (χ1v) is 7.63. The van der Waals surface area contributed by atoms with Gasteiger partial charge in [-0.1, -0.05) is 45.0 Å². The van der Waals surface area contributed by atoms with Crippen LogP contribution in [0, 0.1) is 6.92 Å². The first kappa shape index (κ1) is 16.2. The van der Waals surface area contributed by atoms with Gasteiger partial charge in [0.25, 0.3) is 0 Å². The van der Waals surface area contributed by atoms with E-state index in [4.69, 9.17) is 0 Å². The second-order valence-corrected chi connectivity index (χ2v) is 5.38. The molecular formula is C17H30N2. The number of nitrogens with zero attached hydrogens (tertiary/aromatic N) is 1. The van der Waals surface area contributed by atoms with Crippen LogP contribution < -0.4 is 5.32 Å². The van der Waals surface area contributed by atoms with Crippen molar-refractivity contribution >= 4 is 0 Å². The first-order valence-electron chi connectivity index (χ1n) is 7.63. The van der Waals surface area contributed by atoms with E-state index in [9.17, 15) is 0 Å². The summed E-state index contributed by atoms with van der Waals surface area (Å²) in [5.74, 6) is 0. The van der Waals surface area contributed by atoms with Gasteiger partial charge >= 0.3 is 0 Å². The number of nitrogens with one attached hydrogen (secondary N) is 1. The molecule has 0 aromatic heterocycles. The van der Waals surface area contributed by atoms with Crippen molar-refractivity contribution in [2.24, 2.45) is 0 Å². The van der Waals surface area contributed by atoms with Crippen LogP contribution in [0.1, 0.15) is 50.8 Å². The highest BCUT2D eigenvalue weighted by Gasteiger charge is 2.18. The number of benzene rings is 1. The lowest BCUT2D eigenvalue weighted by Gasteiger charge is -2.31. The summed E-state index contributed by atoms with van der Waals surface area (Å²) in [4.78, 5) is 2.50. The molecule has 108 valence electrons. The van der Waals surface area contributed by atoms with Gasteiger partial charge in [0.2, 0.25) is 0 Å². The molecule has 0 saturated carbocycles. The Balaban J connectivity index is 2.81. The molecule has 2 nitrogen and oxygen atoms in total. The summed E-state index contributed by atoms with van der Waals surface area (Å²) >= 11 is 0. The second-order valence-electron chi connectivity index (χ2n) is 5.38. The van der Waals surface area contributed by atoms with E-state index >= 15 is 0 Å². The van der Waals surface area contributed by atoms with Crippen LogP contribution in [0.3, 0.4) is 0 Å². The van der Waals surface area contributed by atoms with Crippen LogP contribution in [-0.2, 0) is 0 Å². The van der Waals surface area contributed by atoms with Crippen molar-refractivity contribution in [3.05, 3.63) is 35.4 Å². The lowest BCUT2D eigenvalue weighted by Crippen LogP contribution is -2.38. The summed E-state index contributed by atoms with van der Waals surface area (Å²) in [7, 11) is 2.25. The van der Waals surface area contributed by atoms with Crippen molar-refractivity contribution in [1.29, 1.82) is 0 Å². The van der Waals surface area contributed by atoms with E-state index in [0.29, 0.717) is 12.1 Å². The average Bonchev–Trinajstić information content (AvgIpc) is 2.40. The number of rotatable bonds is 8. The van der Waals surface area contributed by atoms with Crippen molar-refractivity contribution in [3.63, 3.8) is 0 Å². The molecule has 1 N–H and O–H groups in total. The molecule has 0 aliphatic rings. The summed E-state index contributed by atoms with van der Waals surface area (Å²) in [5.41, 5.74) is 2.81. The molecule has 0 spiro atoms. The first-order chi connectivity index (χ1) is 9.13. The third kappa shape index (κ3) is 4.63. The fraction of sp³-hybridized carbons (Fsp3) is 0.647. The molecular weight excluding hydrogens is 232 g/mol. The second kappa shape index (κ2) is 8.34. The minimum Gasteiger partial charge on any atom is -0.309 e. The van der Waals surface area contributed by atoms with Crippen LogP contribution in [-0.4, -0.2) is 31.1 Å². The fourth-order valence-corrected chi connectivity index (χ4v) is 2.85. The van der Waals surface area contributed by atoms with Crippen molar-refractivity contribution in [2.75, 3.05) is 20.1 Å². The molecule has 0 radical (unpaired) electrons. The monoisotopic (exact) mass is 262 g/mol. The zero-order valence-corrected chi connectivity index (χ0v) is 13.2. The van der Waals surface area contributed by atoms with Crippen molar-refractivity contribution < 1.29 is 0 Å². The van der Waals surface area contributed by atoms with E-state index in [2.05, 4.69) is 69.2 Å². The van der Waals surface area contributed by atoms with E-state index in [1.807, 2.05) is 0 Å². The standard InChI is InChI=1S/C17H30N2/c1-6-15(7-2)19(5)13-17(18-8-3)16-12-10-9-11-14(16)4/h9-12,15,17-18H,6-8,13H2,1-5H3. The maximum atomic E-state index is 3.63. The Hall–Kier alpha value is -0.860. The van der Waals surface area contributed by atoms with Gasteiger partial charge in [-0.2, -0.15) is 0 Å². The molecule has 1 atom stereocenters. The topological polar surface area (TPSA) is 15.3 Å².